The molecule has 3 aromatic carbocycles. The lowest BCUT2D eigenvalue weighted by atomic mass is 9.99. The van der Waals surface area contributed by atoms with Crippen LogP contribution in [0.15, 0.2) is 59.4 Å². The van der Waals surface area contributed by atoms with Gasteiger partial charge in [-0.05, 0) is 59.5 Å². The SMILES string of the molecule is Cc1c(Cl)cccc1-c1ccc2c(c1)c(=O)n(C)n2Cc1ccc(F)c(F)c1. The predicted octanol–water partition coefficient (Wildman–Crippen LogP) is 5.30. The van der Waals surface area contributed by atoms with E-state index in [-0.39, 0.29) is 12.1 Å². The van der Waals surface area contributed by atoms with Crippen molar-refractivity contribution >= 4 is 22.5 Å². The Morgan fingerprint density at radius 1 is 1.00 bits per heavy atom. The number of benzene rings is 3. The van der Waals surface area contributed by atoms with Crippen LogP contribution in [-0.4, -0.2) is 9.36 Å². The minimum absolute atomic E-state index is 0.154. The molecule has 142 valence electrons. The van der Waals surface area contributed by atoms with Crippen molar-refractivity contribution in [3.05, 3.63) is 92.7 Å². The van der Waals surface area contributed by atoms with E-state index in [0.717, 1.165) is 34.3 Å². The summed E-state index contributed by atoms with van der Waals surface area (Å²) >= 11 is 6.23. The van der Waals surface area contributed by atoms with Crippen LogP contribution in [0.2, 0.25) is 5.02 Å². The van der Waals surface area contributed by atoms with Crippen LogP contribution in [0.3, 0.4) is 0 Å². The van der Waals surface area contributed by atoms with Crippen molar-refractivity contribution in [1.82, 2.24) is 9.36 Å². The van der Waals surface area contributed by atoms with Gasteiger partial charge in [0.15, 0.2) is 11.6 Å². The van der Waals surface area contributed by atoms with Crippen molar-refractivity contribution in [3.8, 4) is 11.1 Å². The number of nitrogens with zero attached hydrogens (tertiary/aromatic N) is 2. The van der Waals surface area contributed by atoms with Crippen LogP contribution >= 0.6 is 11.6 Å². The molecule has 4 rings (SSSR count). The van der Waals surface area contributed by atoms with Crippen molar-refractivity contribution in [1.29, 1.82) is 0 Å². The first-order valence-corrected chi connectivity index (χ1v) is 9.13. The van der Waals surface area contributed by atoms with Crippen molar-refractivity contribution in [2.75, 3.05) is 0 Å². The molecule has 0 amide bonds. The van der Waals surface area contributed by atoms with Gasteiger partial charge in [0, 0.05) is 12.1 Å². The number of halogens is 3. The molecule has 4 aromatic rings. The third kappa shape index (κ3) is 3.02. The molecule has 0 aliphatic heterocycles. The molecule has 0 spiro atoms. The monoisotopic (exact) mass is 398 g/mol. The molecule has 0 radical (unpaired) electrons. The zero-order chi connectivity index (χ0) is 20.0. The summed E-state index contributed by atoms with van der Waals surface area (Å²) in [6.07, 6.45) is 0. The van der Waals surface area contributed by atoms with Crippen LogP contribution < -0.4 is 5.56 Å². The third-order valence-electron chi connectivity index (χ3n) is 5.06. The molecule has 0 atom stereocenters. The largest absolute Gasteiger partial charge is 0.278 e. The number of aromatic nitrogens is 2. The second-order valence-electron chi connectivity index (χ2n) is 6.78. The Balaban J connectivity index is 1.84. The van der Waals surface area contributed by atoms with Crippen LogP contribution in [0, 0.1) is 18.6 Å². The summed E-state index contributed by atoms with van der Waals surface area (Å²) in [6, 6.07) is 15.1. The molecule has 0 aliphatic rings. The van der Waals surface area contributed by atoms with Gasteiger partial charge in [-0.15, -0.1) is 0 Å². The lowest BCUT2D eigenvalue weighted by Gasteiger charge is -2.11. The molecule has 0 bridgehead atoms. The van der Waals surface area contributed by atoms with Crippen molar-refractivity contribution in [2.24, 2.45) is 7.05 Å². The minimum Gasteiger partial charge on any atom is -0.278 e. The lowest BCUT2D eigenvalue weighted by Crippen LogP contribution is -2.19. The Morgan fingerprint density at radius 3 is 2.54 bits per heavy atom. The van der Waals surface area contributed by atoms with Gasteiger partial charge in [0.2, 0.25) is 0 Å². The highest BCUT2D eigenvalue weighted by Crippen LogP contribution is 2.30. The molecule has 6 heteroatoms. The molecule has 0 unspecified atom stereocenters. The summed E-state index contributed by atoms with van der Waals surface area (Å²) in [6.45, 7) is 2.19. The first-order valence-electron chi connectivity index (χ1n) is 8.76. The van der Waals surface area contributed by atoms with Crippen molar-refractivity contribution in [2.45, 2.75) is 13.5 Å². The first-order chi connectivity index (χ1) is 13.4. The second kappa shape index (κ2) is 6.91. The number of rotatable bonds is 3. The van der Waals surface area contributed by atoms with Gasteiger partial charge < -0.3 is 0 Å². The summed E-state index contributed by atoms with van der Waals surface area (Å²) in [5.74, 6) is -1.80. The van der Waals surface area contributed by atoms with E-state index in [1.165, 1.54) is 10.7 Å². The van der Waals surface area contributed by atoms with E-state index in [0.29, 0.717) is 16.0 Å². The molecule has 1 aromatic heterocycles. The molecular weight excluding hydrogens is 382 g/mol. The standard InChI is InChI=1S/C22H17ClF2N2O/c1-13-16(4-3-5-18(13)23)15-7-9-21-17(11-15)22(28)26(2)27(21)12-14-6-8-19(24)20(25)10-14/h3-11H,12H2,1-2H3. The Labute approximate surface area is 165 Å². The quantitative estimate of drug-likeness (QED) is 0.460. The van der Waals surface area contributed by atoms with E-state index in [1.54, 1.807) is 11.7 Å². The predicted molar refractivity (Wildman–Crippen MR) is 108 cm³/mol. The highest BCUT2D eigenvalue weighted by Gasteiger charge is 2.14. The Hall–Kier alpha value is -2.92. The van der Waals surface area contributed by atoms with Crippen LogP contribution in [0.25, 0.3) is 22.0 Å². The topological polar surface area (TPSA) is 26.9 Å². The van der Waals surface area contributed by atoms with Gasteiger partial charge in [-0.2, -0.15) is 0 Å². The fourth-order valence-electron chi connectivity index (χ4n) is 3.47. The molecule has 0 saturated carbocycles. The van der Waals surface area contributed by atoms with Crippen LogP contribution in [0.1, 0.15) is 11.1 Å². The average Bonchev–Trinajstić information content (AvgIpc) is 2.91. The normalized spacial score (nSPS) is 11.3. The number of fused-ring (bicyclic) bond motifs is 1. The third-order valence-corrected chi connectivity index (χ3v) is 5.47. The maximum atomic E-state index is 13.5. The van der Waals surface area contributed by atoms with Crippen LogP contribution in [0.5, 0.6) is 0 Å². The fourth-order valence-corrected chi connectivity index (χ4v) is 3.64. The summed E-state index contributed by atoms with van der Waals surface area (Å²) in [5, 5.41) is 1.23. The highest BCUT2D eigenvalue weighted by molar-refractivity contribution is 6.31. The maximum absolute atomic E-state index is 13.5. The summed E-state index contributed by atoms with van der Waals surface area (Å²) < 4.78 is 30.0. The van der Waals surface area contributed by atoms with Gasteiger partial charge in [-0.25, -0.2) is 8.78 Å². The van der Waals surface area contributed by atoms with Crippen molar-refractivity contribution in [3.63, 3.8) is 0 Å². The van der Waals surface area contributed by atoms with E-state index in [9.17, 15) is 13.6 Å². The Bertz CT molecular complexity index is 1270. The van der Waals surface area contributed by atoms with Gasteiger partial charge in [-0.1, -0.05) is 35.9 Å². The van der Waals surface area contributed by atoms with E-state index in [1.807, 2.05) is 43.3 Å². The molecule has 28 heavy (non-hydrogen) atoms. The molecular formula is C22H17ClF2N2O. The molecule has 0 N–H and O–H groups in total. The highest BCUT2D eigenvalue weighted by atomic mass is 35.5. The van der Waals surface area contributed by atoms with Gasteiger partial charge in [-0.3, -0.25) is 14.2 Å². The summed E-state index contributed by atoms with van der Waals surface area (Å²) in [4.78, 5) is 12.8. The van der Waals surface area contributed by atoms with Gasteiger partial charge in [0.1, 0.15) is 0 Å². The maximum Gasteiger partial charge on any atom is 0.274 e. The van der Waals surface area contributed by atoms with E-state index >= 15 is 0 Å². The van der Waals surface area contributed by atoms with Crippen molar-refractivity contribution < 1.29 is 8.78 Å². The molecule has 0 saturated heterocycles. The van der Waals surface area contributed by atoms with E-state index in [4.69, 9.17) is 11.6 Å². The van der Waals surface area contributed by atoms with Gasteiger partial charge in [0.25, 0.3) is 5.56 Å². The molecule has 1 heterocycles. The summed E-state index contributed by atoms with van der Waals surface area (Å²) in [5.41, 5.74) is 3.95. The Kier molecular flexibility index (Phi) is 4.55. The average molecular weight is 399 g/mol. The molecule has 0 aliphatic carbocycles. The zero-order valence-electron chi connectivity index (χ0n) is 15.3. The first kappa shape index (κ1) is 18.4. The number of hydrogen-bond donors (Lipinski definition) is 0. The summed E-state index contributed by atoms with van der Waals surface area (Å²) in [7, 11) is 1.66. The number of hydrogen-bond acceptors (Lipinski definition) is 1. The smallest absolute Gasteiger partial charge is 0.274 e. The Morgan fingerprint density at radius 2 is 1.79 bits per heavy atom. The lowest BCUT2D eigenvalue weighted by molar-refractivity contribution is 0.502. The van der Waals surface area contributed by atoms with Gasteiger partial charge >= 0.3 is 0 Å². The van der Waals surface area contributed by atoms with Crippen LogP contribution in [-0.2, 0) is 13.6 Å². The van der Waals surface area contributed by atoms with E-state index < -0.39 is 11.6 Å². The van der Waals surface area contributed by atoms with Gasteiger partial charge in [0.05, 0.1) is 17.4 Å². The van der Waals surface area contributed by atoms with E-state index in [2.05, 4.69) is 0 Å². The van der Waals surface area contributed by atoms with Crippen LogP contribution in [0.4, 0.5) is 8.78 Å². The minimum atomic E-state index is -0.905. The fraction of sp³-hybridized carbons (Fsp3) is 0.136. The second-order valence-corrected chi connectivity index (χ2v) is 7.19. The molecule has 3 nitrogen and oxygen atoms in total. The molecule has 0 fully saturated rings. The zero-order valence-corrected chi connectivity index (χ0v) is 16.1.